The summed E-state index contributed by atoms with van der Waals surface area (Å²) in [5.74, 6) is -0.855. The third-order valence-electron chi connectivity index (χ3n) is 3.34. The maximum absolute atomic E-state index is 12.5. The summed E-state index contributed by atoms with van der Waals surface area (Å²) < 4.78 is 24.9. The lowest BCUT2D eigenvalue weighted by Gasteiger charge is -2.17. The largest absolute Gasteiger partial charge is 0.332 e. The molecule has 0 aliphatic heterocycles. The molecule has 2 amide bonds. The van der Waals surface area contributed by atoms with Gasteiger partial charge in [-0.05, 0) is 36.4 Å². The zero-order chi connectivity index (χ0) is 20.2. The van der Waals surface area contributed by atoms with Gasteiger partial charge in [0.05, 0.1) is 22.8 Å². The van der Waals surface area contributed by atoms with Crippen molar-refractivity contribution in [3.8, 4) is 0 Å². The molecular formula is C17H17Cl2N3O4S. The fraction of sp³-hybridized carbons (Fsp3) is 0.176. The first kappa shape index (κ1) is 21.0. The summed E-state index contributed by atoms with van der Waals surface area (Å²) >= 11 is 11.7. The van der Waals surface area contributed by atoms with E-state index < -0.39 is 21.8 Å². The molecule has 0 aromatic heterocycles. The molecule has 2 aromatic rings. The lowest BCUT2D eigenvalue weighted by molar-refractivity contribution is -0.116. The van der Waals surface area contributed by atoms with Gasteiger partial charge in [0.15, 0.2) is 0 Å². The number of amides is 2. The Labute approximate surface area is 167 Å². The molecule has 0 saturated heterocycles. The van der Waals surface area contributed by atoms with Crippen molar-refractivity contribution in [3.63, 3.8) is 0 Å². The Kier molecular flexibility index (Phi) is 6.69. The van der Waals surface area contributed by atoms with E-state index in [9.17, 15) is 18.0 Å². The number of benzene rings is 2. The molecule has 0 spiro atoms. The summed E-state index contributed by atoms with van der Waals surface area (Å²) in [6, 6.07) is 10.6. The van der Waals surface area contributed by atoms with Crippen molar-refractivity contribution in [2.75, 3.05) is 29.9 Å². The van der Waals surface area contributed by atoms with Crippen LogP contribution in [0.1, 0.15) is 10.4 Å². The summed E-state index contributed by atoms with van der Waals surface area (Å²) in [6.07, 6.45) is 1.01. The second kappa shape index (κ2) is 8.60. The van der Waals surface area contributed by atoms with Gasteiger partial charge in [-0.3, -0.25) is 14.3 Å². The highest BCUT2D eigenvalue weighted by molar-refractivity contribution is 7.92. The number of nitrogens with zero attached hydrogens (tertiary/aromatic N) is 1. The minimum absolute atomic E-state index is 0.206. The fourth-order valence-electron chi connectivity index (χ4n) is 2.21. The molecule has 0 heterocycles. The van der Waals surface area contributed by atoms with E-state index in [2.05, 4.69) is 10.0 Å². The lowest BCUT2D eigenvalue weighted by Crippen LogP contribution is -2.35. The number of likely N-dealkylation sites (N-methyl/N-ethyl adjacent to an activating group) is 1. The van der Waals surface area contributed by atoms with E-state index in [-0.39, 0.29) is 17.8 Å². The molecule has 10 heteroatoms. The number of carbonyl (C=O) groups excluding carboxylic acids is 2. The number of anilines is 2. The van der Waals surface area contributed by atoms with E-state index >= 15 is 0 Å². The molecule has 0 fully saturated rings. The minimum Gasteiger partial charge on any atom is -0.332 e. The predicted octanol–water partition coefficient (Wildman–Crippen LogP) is 3.08. The summed E-state index contributed by atoms with van der Waals surface area (Å²) in [5.41, 5.74) is 0.958. The van der Waals surface area contributed by atoms with Gasteiger partial charge in [0.1, 0.15) is 0 Å². The van der Waals surface area contributed by atoms with Crippen molar-refractivity contribution in [3.05, 3.63) is 58.1 Å². The van der Waals surface area contributed by atoms with Gasteiger partial charge >= 0.3 is 0 Å². The molecule has 2 rings (SSSR count). The highest BCUT2D eigenvalue weighted by Crippen LogP contribution is 2.25. The van der Waals surface area contributed by atoms with Crippen molar-refractivity contribution < 1.29 is 18.0 Å². The van der Waals surface area contributed by atoms with Crippen LogP contribution in [0.25, 0.3) is 0 Å². The Morgan fingerprint density at radius 1 is 1.04 bits per heavy atom. The second-order valence-electron chi connectivity index (χ2n) is 5.79. The highest BCUT2D eigenvalue weighted by atomic mass is 35.5. The Bertz CT molecular complexity index is 980. The number of sulfonamides is 1. The summed E-state index contributed by atoms with van der Waals surface area (Å²) in [5, 5.41) is 3.29. The number of rotatable bonds is 6. The van der Waals surface area contributed by atoms with Crippen LogP contribution >= 0.6 is 23.2 Å². The average molecular weight is 430 g/mol. The van der Waals surface area contributed by atoms with Gasteiger partial charge in [-0.25, -0.2) is 8.42 Å². The van der Waals surface area contributed by atoms with E-state index in [1.54, 1.807) is 18.2 Å². The molecular weight excluding hydrogens is 413 g/mol. The van der Waals surface area contributed by atoms with Gasteiger partial charge in [0.2, 0.25) is 15.9 Å². The number of halogens is 2. The van der Waals surface area contributed by atoms with Crippen LogP contribution in [0.3, 0.4) is 0 Å². The zero-order valence-electron chi connectivity index (χ0n) is 14.5. The topological polar surface area (TPSA) is 95.6 Å². The van der Waals surface area contributed by atoms with Gasteiger partial charge in [0.25, 0.3) is 5.91 Å². The van der Waals surface area contributed by atoms with Gasteiger partial charge in [0, 0.05) is 24.0 Å². The molecule has 0 atom stereocenters. The maximum atomic E-state index is 12.5. The standard InChI is InChI=1S/C17H17Cl2N3O4S/c1-22(10-16(23)20-12-6-7-14(18)15(19)9-12)17(24)11-4-3-5-13(8-11)21-27(2,25)26/h3-9,21H,10H2,1-2H3,(H,20,23). The van der Waals surface area contributed by atoms with Crippen LogP contribution in [0.2, 0.25) is 10.0 Å². The van der Waals surface area contributed by atoms with Crippen molar-refractivity contribution >= 4 is 56.4 Å². The first-order valence-electron chi connectivity index (χ1n) is 7.63. The lowest BCUT2D eigenvalue weighted by atomic mass is 10.2. The molecule has 0 unspecified atom stereocenters. The first-order valence-corrected chi connectivity index (χ1v) is 10.3. The molecule has 144 valence electrons. The third-order valence-corrected chi connectivity index (χ3v) is 4.69. The number of hydrogen-bond acceptors (Lipinski definition) is 4. The maximum Gasteiger partial charge on any atom is 0.254 e. The van der Waals surface area contributed by atoms with Gasteiger partial charge in [-0.2, -0.15) is 0 Å². The molecule has 2 aromatic carbocycles. The van der Waals surface area contributed by atoms with Crippen molar-refractivity contribution in [2.45, 2.75) is 0 Å². The molecule has 0 bridgehead atoms. The number of nitrogens with one attached hydrogen (secondary N) is 2. The molecule has 27 heavy (non-hydrogen) atoms. The van der Waals surface area contributed by atoms with Crippen LogP contribution in [-0.4, -0.2) is 45.0 Å². The zero-order valence-corrected chi connectivity index (χ0v) is 16.8. The third kappa shape index (κ3) is 6.42. The minimum atomic E-state index is -3.46. The van der Waals surface area contributed by atoms with E-state index in [1.807, 2.05) is 0 Å². The van der Waals surface area contributed by atoms with Crippen molar-refractivity contribution in [2.24, 2.45) is 0 Å². The molecule has 0 radical (unpaired) electrons. The highest BCUT2D eigenvalue weighted by Gasteiger charge is 2.16. The van der Waals surface area contributed by atoms with Gasteiger partial charge < -0.3 is 10.2 Å². The summed E-state index contributed by atoms with van der Waals surface area (Å²) in [7, 11) is -1.99. The van der Waals surface area contributed by atoms with Crippen LogP contribution in [0.15, 0.2) is 42.5 Å². The van der Waals surface area contributed by atoms with Crippen LogP contribution in [0.5, 0.6) is 0 Å². The second-order valence-corrected chi connectivity index (χ2v) is 8.36. The summed E-state index contributed by atoms with van der Waals surface area (Å²) in [6.45, 7) is -0.206. The Morgan fingerprint density at radius 3 is 2.37 bits per heavy atom. The number of hydrogen-bond donors (Lipinski definition) is 2. The number of carbonyl (C=O) groups is 2. The average Bonchev–Trinajstić information content (AvgIpc) is 2.56. The van der Waals surface area contributed by atoms with Crippen LogP contribution in [0, 0.1) is 0 Å². The molecule has 0 saturated carbocycles. The van der Waals surface area contributed by atoms with Crippen molar-refractivity contribution in [1.82, 2.24) is 4.90 Å². The Hall–Kier alpha value is -2.29. The first-order chi connectivity index (χ1) is 12.5. The quantitative estimate of drug-likeness (QED) is 0.737. The SMILES string of the molecule is CN(CC(=O)Nc1ccc(Cl)c(Cl)c1)C(=O)c1cccc(NS(C)(=O)=O)c1. The van der Waals surface area contributed by atoms with Crippen LogP contribution in [0.4, 0.5) is 11.4 Å². The molecule has 7 nitrogen and oxygen atoms in total. The normalized spacial score (nSPS) is 11.0. The monoisotopic (exact) mass is 429 g/mol. The van der Waals surface area contributed by atoms with Crippen LogP contribution in [-0.2, 0) is 14.8 Å². The Balaban J connectivity index is 2.03. The van der Waals surface area contributed by atoms with E-state index in [0.29, 0.717) is 15.7 Å². The molecule has 2 N–H and O–H groups in total. The Morgan fingerprint density at radius 2 is 1.74 bits per heavy atom. The van der Waals surface area contributed by atoms with Crippen LogP contribution < -0.4 is 10.0 Å². The van der Waals surface area contributed by atoms with Crippen molar-refractivity contribution in [1.29, 1.82) is 0 Å². The van der Waals surface area contributed by atoms with E-state index in [0.717, 1.165) is 6.26 Å². The molecule has 0 aliphatic rings. The van der Waals surface area contributed by atoms with Gasteiger partial charge in [-0.1, -0.05) is 29.3 Å². The summed E-state index contributed by atoms with van der Waals surface area (Å²) in [4.78, 5) is 25.8. The van der Waals surface area contributed by atoms with Gasteiger partial charge in [-0.15, -0.1) is 0 Å². The predicted molar refractivity (Wildman–Crippen MR) is 107 cm³/mol. The van der Waals surface area contributed by atoms with E-state index in [4.69, 9.17) is 23.2 Å². The van der Waals surface area contributed by atoms with E-state index in [1.165, 1.54) is 36.2 Å². The molecule has 0 aliphatic carbocycles. The fourth-order valence-corrected chi connectivity index (χ4v) is 3.07. The smallest absolute Gasteiger partial charge is 0.254 e.